The van der Waals surface area contributed by atoms with Gasteiger partial charge in [-0.3, -0.25) is 4.72 Å². The number of hydrogen-bond donors (Lipinski definition) is 3. The van der Waals surface area contributed by atoms with Crippen molar-refractivity contribution in [1.29, 1.82) is 0 Å². The molecular weight excluding hydrogens is 326 g/mol. The average Bonchev–Trinajstić information content (AvgIpc) is 2.22. The molecule has 0 fully saturated rings. The average molecular weight is 338 g/mol. The molecule has 100 valence electrons. The monoisotopic (exact) mass is 337 g/mol. The predicted octanol–water partition coefficient (Wildman–Crippen LogP) is 1.35. The van der Waals surface area contributed by atoms with E-state index in [0.29, 0.717) is 4.47 Å². The minimum Gasteiger partial charge on any atom is -0.452 e. The molecule has 4 N–H and O–H groups in total. The van der Waals surface area contributed by atoms with Crippen LogP contribution in [0.5, 0.6) is 0 Å². The summed E-state index contributed by atoms with van der Waals surface area (Å²) in [6, 6.07) is 3.28. The molecule has 0 aliphatic carbocycles. The van der Waals surface area contributed by atoms with Crippen molar-refractivity contribution >= 4 is 43.6 Å². The van der Waals surface area contributed by atoms with Gasteiger partial charge in [0.2, 0.25) is 0 Å². The summed E-state index contributed by atoms with van der Waals surface area (Å²) in [5.41, 5.74) is 6.94. The molecule has 0 radical (unpaired) electrons. The number of nitrogens with one attached hydrogen (secondary N) is 2. The zero-order valence-corrected chi connectivity index (χ0v) is 12.1. The number of ether oxygens (including phenoxy) is 1. The number of halogens is 1. The quantitative estimate of drug-likeness (QED) is 0.721. The van der Waals surface area contributed by atoms with Crippen molar-refractivity contribution in [3.63, 3.8) is 0 Å². The van der Waals surface area contributed by atoms with Gasteiger partial charge in [-0.05, 0) is 40.5 Å². The molecule has 0 spiro atoms. The summed E-state index contributed by atoms with van der Waals surface area (Å²) in [5, 5.41) is 0. The molecule has 7 nitrogen and oxygen atoms in total. The number of amides is 1. The Hall–Kier alpha value is -1.48. The maximum atomic E-state index is 11.6. The highest BCUT2D eigenvalue weighted by molar-refractivity contribution is 9.10. The van der Waals surface area contributed by atoms with Crippen LogP contribution in [0.3, 0.4) is 0 Å². The Kier molecular flexibility index (Phi) is 4.41. The molecule has 18 heavy (non-hydrogen) atoms. The van der Waals surface area contributed by atoms with E-state index in [-0.39, 0.29) is 11.4 Å². The zero-order chi connectivity index (χ0) is 13.9. The van der Waals surface area contributed by atoms with Gasteiger partial charge in [0.1, 0.15) is 0 Å². The Morgan fingerprint density at radius 3 is 2.56 bits per heavy atom. The first-order valence-electron chi connectivity index (χ1n) is 4.69. The number of methoxy groups -OCH3 is 1. The van der Waals surface area contributed by atoms with Gasteiger partial charge >= 0.3 is 16.3 Å². The van der Waals surface area contributed by atoms with E-state index in [0.717, 1.165) is 12.7 Å². The molecule has 0 saturated carbocycles. The largest absolute Gasteiger partial charge is 0.452 e. The van der Waals surface area contributed by atoms with Crippen LogP contribution < -0.4 is 15.2 Å². The van der Waals surface area contributed by atoms with Crippen molar-refractivity contribution in [1.82, 2.24) is 4.72 Å². The molecule has 0 heterocycles. The molecular formula is C9H12BrN3O4S. The first-order chi connectivity index (χ1) is 8.25. The number of nitrogens with two attached hydrogens (primary N) is 1. The minimum atomic E-state index is -4.09. The Labute approximate surface area is 113 Å². The third kappa shape index (κ3) is 3.77. The lowest BCUT2D eigenvalue weighted by Crippen LogP contribution is -2.35. The molecule has 0 aromatic heterocycles. The van der Waals surface area contributed by atoms with Crippen LogP contribution in [0.4, 0.5) is 16.2 Å². The van der Waals surface area contributed by atoms with E-state index in [2.05, 4.69) is 25.4 Å². The third-order valence-corrected chi connectivity index (χ3v) is 3.44. The van der Waals surface area contributed by atoms with Crippen LogP contribution in [0, 0.1) is 6.92 Å². The van der Waals surface area contributed by atoms with Gasteiger partial charge in [-0.15, -0.1) is 0 Å². The van der Waals surface area contributed by atoms with Crippen molar-refractivity contribution in [3.05, 3.63) is 22.2 Å². The normalized spacial score (nSPS) is 10.8. The summed E-state index contributed by atoms with van der Waals surface area (Å²) in [6.07, 6.45) is -1.09. The predicted molar refractivity (Wildman–Crippen MR) is 71.4 cm³/mol. The first kappa shape index (κ1) is 14.6. The van der Waals surface area contributed by atoms with E-state index in [1.165, 1.54) is 0 Å². The Bertz CT molecular complexity index is 550. The second kappa shape index (κ2) is 5.44. The van der Waals surface area contributed by atoms with E-state index in [1.54, 1.807) is 16.9 Å². The van der Waals surface area contributed by atoms with Crippen molar-refractivity contribution in [2.75, 3.05) is 17.6 Å². The van der Waals surface area contributed by atoms with Crippen molar-refractivity contribution in [2.45, 2.75) is 6.92 Å². The van der Waals surface area contributed by atoms with Crippen LogP contribution in [0.1, 0.15) is 5.56 Å². The number of carbonyl (C=O) groups excluding carboxylic acids is 1. The molecule has 0 saturated heterocycles. The van der Waals surface area contributed by atoms with Crippen molar-refractivity contribution in [3.8, 4) is 0 Å². The van der Waals surface area contributed by atoms with Crippen LogP contribution in [-0.2, 0) is 14.9 Å². The lowest BCUT2D eigenvalue weighted by molar-refractivity contribution is 0.177. The molecule has 0 atom stereocenters. The second-order valence-corrected chi connectivity index (χ2v) is 5.68. The number of hydrogen-bond acceptors (Lipinski definition) is 5. The number of nitrogen functional groups attached to an aromatic ring is 1. The van der Waals surface area contributed by atoms with Crippen LogP contribution in [-0.4, -0.2) is 21.6 Å². The van der Waals surface area contributed by atoms with Crippen LogP contribution >= 0.6 is 15.9 Å². The molecule has 1 rings (SSSR count). The zero-order valence-electron chi connectivity index (χ0n) is 9.65. The lowest BCUT2D eigenvalue weighted by atomic mass is 10.2. The van der Waals surface area contributed by atoms with Gasteiger partial charge in [-0.2, -0.15) is 8.42 Å². The maximum absolute atomic E-state index is 11.6. The number of carbonyl (C=O) groups is 1. The minimum absolute atomic E-state index is 0.150. The number of benzene rings is 1. The fourth-order valence-electron chi connectivity index (χ4n) is 1.19. The van der Waals surface area contributed by atoms with Gasteiger partial charge in [0.15, 0.2) is 0 Å². The maximum Gasteiger partial charge on any atom is 0.422 e. The smallest absolute Gasteiger partial charge is 0.422 e. The molecule has 1 aromatic rings. The second-order valence-electron chi connectivity index (χ2n) is 3.41. The summed E-state index contributed by atoms with van der Waals surface area (Å²) < 4.78 is 31.6. The number of anilines is 2. The SMILES string of the molecule is COC(=O)NS(=O)(=O)Nc1c(N)cc(C)cc1Br. The molecule has 1 aromatic carbocycles. The highest BCUT2D eigenvalue weighted by Crippen LogP contribution is 2.30. The van der Waals surface area contributed by atoms with Gasteiger partial charge in [0.25, 0.3) is 0 Å². The van der Waals surface area contributed by atoms with Gasteiger partial charge < -0.3 is 10.5 Å². The summed E-state index contributed by atoms with van der Waals surface area (Å²) in [5.74, 6) is 0. The van der Waals surface area contributed by atoms with Crippen molar-refractivity contribution < 1.29 is 17.9 Å². The van der Waals surface area contributed by atoms with Gasteiger partial charge in [0.05, 0.1) is 18.5 Å². The standard InChI is InChI=1S/C9H12BrN3O4S/c1-5-3-6(10)8(7(11)4-5)12-18(15,16)13-9(14)17-2/h3-4,12H,11H2,1-2H3,(H,13,14). The Balaban J connectivity index is 3.01. The van der Waals surface area contributed by atoms with Gasteiger partial charge in [-0.1, -0.05) is 0 Å². The molecule has 0 bridgehead atoms. The van der Waals surface area contributed by atoms with Gasteiger partial charge in [-0.25, -0.2) is 9.52 Å². The molecule has 1 amide bonds. The molecule has 0 aliphatic rings. The summed E-state index contributed by atoms with van der Waals surface area (Å²) in [6.45, 7) is 1.81. The third-order valence-electron chi connectivity index (χ3n) is 1.90. The van der Waals surface area contributed by atoms with E-state index in [1.807, 2.05) is 6.92 Å². The van der Waals surface area contributed by atoms with Gasteiger partial charge in [0, 0.05) is 4.47 Å². The fraction of sp³-hybridized carbons (Fsp3) is 0.222. The lowest BCUT2D eigenvalue weighted by Gasteiger charge is -2.13. The summed E-state index contributed by atoms with van der Waals surface area (Å²) >= 11 is 3.18. The highest BCUT2D eigenvalue weighted by atomic mass is 79.9. The number of rotatable bonds is 3. The van der Waals surface area contributed by atoms with Crippen LogP contribution in [0.2, 0.25) is 0 Å². The first-order valence-corrected chi connectivity index (χ1v) is 6.97. The topological polar surface area (TPSA) is 111 Å². The Morgan fingerprint density at radius 2 is 2.06 bits per heavy atom. The van der Waals surface area contributed by atoms with E-state index in [4.69, 9.17) is 5.73 Å². The molecule has 0 unspecified atom stereocenters. The summed E-state index contributed by atoms with van der Waals surface area (Å²) in [7, 11) is -3.03. The number of aryl methyl sites for hydroxylation is 1. The van der Waals surface area contributed by atoms with E-state index in [9.17, 15) is 13.2 Å². The fourth-order valence-corrected chi connectivity index (χ4v) is 2.86. The van der Waals surface area contributed by atoms with Crippen LogP contribution in [0.25, 0.3) is 0 Å². The van der Waals surface area contributed by atoms with E-state index >= 15 is 0 Å². The van der Waals surface area contributed by atoms with E-state index < -0.39 is 16.3 Å². The Morgan fingerprint density at radius 1 is 1.44 bits per heavy atom. The summed E-state index contributed by atoms with van der Waals surface area (Å²) in [4.78, 5) is 10.8. The van der Waals surface area contributed by atoms with Crippen LogP contribution in [0.15, 0.2) is 16.6 Å². The van der Waals surface area contributed by atoms with Crippen molar-refractivity contribution in [2.24, 2.45) is 0 Å². The molecule has 9 heteroatoms. The highest BCUT2D eigenvalue weighted by Gasteiger charge is 2.17. The molecule has 0 aliphatic heterocycles.